The fraction of sp³-hybridized carbons (Fsp3) is 0.400. The van der Waals surface area contributed by atoms with Gasteiger partial charge >= 0.3 is 0 Å². The van der Waals surface area contributed by atoms with E-state index in [1.54, 1.807) is 7.11 Å². The van der Waals surface area contributed by atoms with Crippen LogP contribution in [0.2, 0.25) is 0 Å². The van der Waals surface area contributed by atoms with Crippen LogP contribution in [0.15, 0.2) is 36.7 Å². The Bertz CT molecular complexity index is 529. The first-order chi connectivity index (χ1) is 9.03. The van der Waals surface area contributed by atoms with Crippen LogP contribution < -0.4 is 10.5 Å². The minimum atomic E-state index is -0.363. The number of hydrogen-bond donors (Lipinski definition) is 1. The Morgan fingerprint density at radius 2 is 2.00 bits per heavy atom. The maximum atomic E-state index is 6.42. The molecular formula is C15H21N3O. The summed E-state index contributed by atoms with van der Waals surface area (Å²) in [4.78, 5) is 4.33. The number of rotatable bonds is 5. The molecule has 0 spiro atoms. The molecule has 1 unspecified atom stereocenters. The largest absolute Gasteiger partial charge is 0.497 e. The number of benzene rings is 1. The molecule has 1 heterocycles. The first kappa shape index (κ1) is 13.6. The average molecular weight is 259 g/mol. The van der Waals surface area contributed by atoms with E-state index in [2.05, 4.69) is 11.9 Å². The number of methoxy groups -OCH3 is 1. The molecule has 0 fully saturated rings. The van der Waals surface area contributed by atoms with E-state index in [4.69, 9.17) is 10.5 Å². The van der Waals surface area contributed by atoms with Crippen LogP contribution >= 0.6 is 0 Å². The molecule has 4 nitrogen and oxygen atoms in total. The van der Waals surface area contributed by atoms with E-state index in [1.807, 2.05) is 48.3 Å². The van der Waals surface area contributed by atoms with Gasteiger partial charge < -0.3 is 15.0 Å². The van der Waals surface area contributed by atoms with Crippen LogP contribution in [0.25, 0.3) is 0 Å². The fourth-order valence-corrected chi connectivity index (χ4v) is 2.12. The van der Waals surface area contributed by atoms with Crippen molar-refractivity contribution in [3.63, 3.8) is 0 Å². The molecule has 0 bridgehead atoms. The van der Waals surface area contributed by atoms with Gasteiger partial charge in [-0.15, -0.1) is 0 Å². The highest BCUT2D eigenvalue weighted by atomic mass is 16.5. The van der Waals surface area contributed by atoms with Crippen molar-refractivity contribution in [2.24, 2.45) is 12.8 Å². The minimum Gasteiger partial charge on any atom is -0.497 e. The van der Waals surface area contributed by atoms with Crippen molar-refractivity contribution in [2.75, 3.05) is 7.11 Å². The predicted molar refractivity (Wildman–Crippen MR) is 76.1 cm³/mol. The lowest BCUT2D eigenvalue weighted by atomic mass is 9.88. The van der Waals surface area contributed by atoms with Gasteiger partial charge in [0.1, 0.15) is 11.6 Å². The van der Waals surface area contributed by atoms with Gasteiger partial charge in [-0.1, -0.05) is 12.1 Å². The molecule has 2 rings (SSSR count). The highest BCUT2D eigenvalue weighted by Gasteiger charge is 2.21. The lowest BCUT2D eigenvalue weighted by molar-refractivity contribution is 0.412. The van der Waals surface area contributed by atoms with Gasteiger partial charge in [-0.25, -0.2) is 4.98 Å². The summed E-state index contributed by atoms with van der Waals surface area (Å²) in [6.45, 7) is 2.05. The summed E-state index contributed by atoms with van der Waals surface area (Å²) in [5.74, 6) is 1.91. The maximum absolute atomic E-state index is 6.42. The zero-order valence-electron chi connectivity index (χ0n) is 11.8. The van der Waals surface area contributed by atoms with E-state index in [9.17, 15) is 0 Å². The Morgan fingerprint density at radius 3 is 2.53 bits per heavy atom. The van der Waals surface area contributed by atoms with Crippen LogP contribution in [0.5, 0.6) is 5.75 Å². The molecule has 1 atom stereocenters. The molecule has 102 valence electrons. The molecular weight excluding hydrogens is 238 g/mol. The fourth-order valence-electron chi connectivity index (χ4n) is 2.12. The third kappa shape index (κ3) is 3.15. The number of hydrogen-bond acceptors (Lipinski definition) is 3. The molecule has 1 aromatic heterocycles. The number of nitrogens with zero attached hydrogens (tertiary/aromatic N) is 2. The summed E-state index contributed by atoms with van der Waals surface area (Å²) in [7, 11) is 3.67. The van der Waals surface area contributed by atoms with Crippen molar-refractivity contribution in [1.82, 2.24) is 9.55 Å². The maximum Gasteiger partial charge on any atom is 0.118 e. The minimum absolute atomic E-state index is 0.363. The number of aryl methyl sites for hydroxylation is 2. The molecule has 19 heavy (non-hydrogen) atoms. The van der Waals surface area contributed by atoms with Gasteiger partial charge in [0.2, 0.25) is 0 Å². The van der Waals surface area contributed by atoms with Gasteiger partial charge in [0.05, 0.1) is 7.11 Å². The van der Waals surface area contributed by atoms with Crippen molar-refractivity contribution in [1.29, 1.82) is 0 Å². The molecule has 0 aliphatic heterocycles. The Hall–Kier alpha value is -1.81. The van der Waals surface area contributed by atoms with Gasteiger partial charge in [-0.3, -0.25) is 0 Å². The number of aromatic nitrogens is 2. The molecule has 2 aromatic rings. The van der Waals surface area contributed by atoms with Crippen LogP contribution in [0.4, 0.5) is 0 Å². The smallest absolute Gasteiger partial charge is 0.118 e. The molecule has 0 radical (unpaired) electrons. The predicted octanol–water partition coefficient (Wildman–Crippen LogP) is 2.24. The molecule has 4 heteroatoms. The van der Waals surface area contributed by atoms with Crippen LogP contribution in [0.1, 0.15) is 24.7 Å². The number of nitrogens with two attached hydrogens (primary N) is 1. The third-order valence-electron chi connectivity index (χ3n) is 3.54. The standard InChI is InChI=1S/C15H21N3O/c1-15(16,9-8-14-17-10-11-18(14)2)12-4-6-13(19-3)7-5-12/h4-7,10-11H,8-9,16H2,1-3H3. The normalized spacial score (nSPS) is 14.1. The summed E-state index contributed by atoms with van der Waals surface area (Å²) >= 11 is 0. The first-order valence-corrected chi connectivity index (χ1v) is 6.42. The first-order valence-electron chi connectivity index (χ1n) is 6.42. The molecule has 0 aliphatic carbocycles. The zero-order chi connectivity index (χ0) is 13.9. The second-order valence-corrected chi connectivity index (χ2v) is 5.10. The van der Waals surface area contributed by atoms with E-state index in [-0.39, 0.29) is 5.54 Å². The quantitative estimate of drug-likeness (QED) is 0.896. The molecule has 0 aliphatic rings. The molecule has 0 saturated heterocycles. The van der Waals surface area contributed by atoms with Gasteiger partial charge in [0.25, 0.3) is 0 Å². The second-order valence-electron chi connectivity index (χ2n) is 5.10. The van der Waals surface area contributed by atoms with E-state index >= 15 is 0 Å². The van der Waals surface area contributed by atoms with Crippen molar-refractivity contribution in [3.05, 3.63) is 48.0 Å². The SMILES string of the molecule is COc1ccc(C(C)(N)CCc2nccn2C)cc1. The lowest BCUT2D eigenvalue weighted by Crippen LogP contribution is -2.33. The van der Waals surface area contributed by atoms with Crippen molar-refractivity contribution >= 4 is 0 Å². The van der Waals surface area contributed by atoms with Gasteiger partial charge in [0.15, 0.2) is 0 Å². The third-order valence-corrected chi connectivity index (χ3v) is 3.54. The highest BCUT2D eigenvalue weighted by molar-refractivity contribution is 5.31. The highest BCUT2D eigenvalue weighted by Crippen LogP contribution is 2.25. The van der Waals surface area contributed by atoms with Gasteiger partial charge in [-0.05, 0) is 31.0 Å². The number of ether oxygens (including phenoxy) is 1. The van der Waals surface area contributed by atoms with Crippen LogP contribution in [-0.2, 0) is 19.0 Å². The summed E-state index contributed by atoms with van der Waals surface area (Å²) in [6.07, 6.45) is 5.49. The summed E-state index contributed by atoms with van der Waals surface area (Å²) < 4.78 is 7.19. The average Bonchev–Trinajstić information content (AvgIpc) is 2.82. The van der Waals surface area contributed by atoms with Gasteiger partial charge in [0, 0.05) is 31.4 Å². The molecule has 2 N–H and O–H groups in total. The Labute approximate surface area is 114 Å². The van der Waals surface area contributed by atoms with Crippen LogP contribution in [-0.4, -0.2) is 16.7 Å². The summed E-state index contributed by atoms with van der Waals surface area (Å²) in [5, 5.41) is 0. The summed E-state index contributed by atoms with van der Waals surface area (Å²) in [5.41, 5.74) is 7.17. The van der Waals surface area contributed by atoms with Gasteiger partial charge in [-0.2, -0.15) is 0 Å². The lowest BCUT2D eigenvalue weighted by Gasteiger charge is -2.25. The Balaban J connectivity index is 2.06. The second kappa shape index (κ2) is 5.45. The van der Waals surface area contributed by atoms with Crippen molar-refractivity contribution in [2.45, 2.75) is 25.3 Å². The Morgan fingerprint density at radius 1 is 1.32 bits per heavy atom. The zero-order valence-corrected chi connectivity index (χ0v) is 11.8. The monoisotopic (exact) mass is 259 g/mol. The topological polar surface area (TPSA) is 53.1 Å². The van der Waals surface area contributed by atoms with Crippen molar-refractivity contribution in [3.8, 4) is 5.75 Å². The van der Waals surface area contributed by atoms with E-state index in [1.165, 1.54) is 0 Å². The molecule has 1 aromatic carbocycles. The van der Waals surface area contributed by atoms with E-state index < -0.39 is 0 Å². The molecule has 0 amide bonds. The van der Waals surface area contributed by atoms with Crippen LogP contribution in [0.3, 0.4) is 0 Å². The number of imidazole rings is 1. The van der Waals surface area contributed by atoms with E-state index in [0.717, 1.165) is 30.0 Å². The summed E-state index contributed by atoms with van der Waals surface area (Å²) in [6, 6.07) is 7.94. The Kier molecular flexibility index (Phi) is 3.90. The van der Waals surface area contributed by atoms with Crippen LogP contribution in [0, 0.1) is 0 Å². The van der Waals surface area contributed by atoms with E-state index in [0.29, 0.717) is 0 Å². The van der Waals surface area contributed by atoms with Crippen molar-refractivity contribution < 1.29 is 4.74 Å². The molecule has 0 saturated carbocycles.